The standard InChI is InChI=1S/C3HF3O2.H2O/c4-3(5,6)2(8)1-7;/h1H;1H2. The highest BCUT2D eigenvalue weighted by molar-refractivity contribution is 6.27. The molecule has 0 aliphatic carbocycles. The van der Waals surface area contributed by atoms with E-state index in [4.69, 9.17) is 4.79 Å². The van der Waals surface area contributed by atoms with Crippen molar-refractivity contribution in [2.45, 2.75) is 6.18 Å². The lowest BCUT2D eigenvalue weighted by Crippen LogP contribution is -2.23. The Kier molecular flexibility index (Phi) is 3.88. The van der Waals surface area contributed by atoms with Crippen molar-refractivity contribution in [3.63, 3.8) is 0 Å². The second-order valence-electron chi connectivity index (χ2n) is 0.980. The van der Waals surface area contributed by atoms with E-state index in [1.165, 1.54) is 0 Å². The van der Waals surface area contributed by atoms with Gasteiger partial charge >= 0.3 is 6.18 Å². The van der Waals surface area contributed by atoms with Gasteiger partial charge in [0.15, 0.2) is 6.29 Å². The fourth-order valence-electron chi connectivity index (χ4n) is 0.0668. The molecule has 0 aromatic heterocycles. The van der Waals surface area contributed by atoms with Gasteiger partial charge in [0.1, 0.15) is 0 Å². The lowest BCUT2D eigenvalue weighted by atomic mass is 10.4. The minimum absolute atomic E-state index is 0. The fraction of sp³-hybridized carbons (Fsp3) is 0.333. The molecule has 0 saturated heterocycles. The van der Waals surface area contributed by atoms with E-state index >= 15 is 0 Å². The predicted octanol–water partition coefficient (Wildman–Crippen LogP) is -0.508. The Bertz CT molecular complexity index is 116. The number of alkyl halides is 3. The van der Waals surface area contributed by atoms with Crippen LogP contribution >= 0.6 is 0 Å². The third-order valence-electron chi connectivity index (χ3n) is 0.386. The van der Waals surface area contributed by atoms with Gasteiger partial charge in [-0.1, -0.05) is 0 Å². The Morgan fingerprint density at radius 2 is 1.67 bits per heavy atom. The molecule has 0 unspecified atom stereocenters. The SMILES string of the molecule is O.O=CC(=O)C(F)(F)F. The molecule has 0 aromatic carbocycles. The summed E-state index contributed by atoms with van der Waals surface area (Å²) in [6.45, 7) is 0. The Morgan fingerprint density at radius 1 is 1.33 bits per heavy atom. The molecule has 0 spiro atoms. The fourth-order valence-corrected chi connectivity index (χ4v) is 0.0668. The van der Waals surface area contributed by atoms with Crippen LogP contribution in [-0.4, -0.2) is 23.7 Å². The number of Topliss-reactive ketones (excluding diaryl/α,β-unsaturated/α-hetero) is 1. The van der Waals surface area contributed by atoms with Crippen LogP contribution in [0.3, 0.4) is 0 Å². The van der Waals surface area contributed by atoms with Gasteiger partial charge < -0.3 is 5.48 Å². The van der Waals surface area contributed by atoms with Crippen molar-refractivity contribution < 1.29 is 28.2 Å². The van der Waals surface area contributed by atoms with Crippen LogP contribution in [0.2, 0.25) is 0 Å². The lowest BCUT2D eigenvalue weighted by Gasteiger charge is -1.94. The van der Waals surface area contributed by atoms with Crippen LogP contribution in [0.15, 0.2) is 0 Å². The molecule has 0 bridgehead atoms. The van der Waals surface area contributed by atoms with Crippen molar-refractivity contribution in [1.29, 1.82) is 0 Å². The Morgan fingerprint density at radius 3 is 1.67 bits per heavy atom. The molecule has 0 amide bonds. The maximum atomic E-state index is 10.9. The van der Waals surface area contributed by atoms with Crippen molar-refractivity contribution in [3.05, 3.63) is 0 Å². The van der Waals surface area contributed by atoms with Crippen molar-refractivity contribution >= 4 is 12.1 Å². The molecule has 0 aliphatic heterocycles. The van der Waals surface area contributed by atoms with E-state index in [9.17, 15) is 18.0 Å². The summed E-state index contributed by atoms with van der Waals surface area (Å²) < 4.78 is 32.6. The van der Waals surface area contributed by atoms with Gasteiger partial charge in [-0.3, -0.25) is 9.59 Å². The van der Waals surface area contributed by atoms with Gasteiger partial charge in [-0.05, 0) is 0 Å². The second kappa shape index (κ2) is 3.18. The average Bonchev–Trinajstić information content (AvgIpc) is 1.62. The summed E-state index contributed by atoms with van der Waals surface area (Å²) in [4.78, 5) is 18.4. The summed E-state index contributed by atoms with van der Waals surface area (Å²) in [5.74, 6) is -2.35. The number of carbonyl (C=O) groups is 2. The minimum Gasteiger partial charge on any atom is -0.412 e. The molecule has 0 fully saturated rings. The van der Waals surface area contributed by atoms with E-state index < -0.39 is 18.2 Å². The van der Waals surface area contributed by atoms with E-state index in [1.54, 1.807) is 0 Å². The monoisotopic (exact) mass is 144 g/mol. The zero-order valence-electron chi connectivity index (χ0n) is 4.03. The van der Waals surface area contributed by atoms with Gasteiger partial charge in [0.25, 0.3) is 5.78 Å². The lowest BCUT2D eigenvalue weighted by molar-refractivity contribution is -0.171. The number of aldehydes is 1. The highest BCUT2D eigenvalue weighted by Crippen LogP contribution is 2.13. The topological polar surface area (TPSA) is 65.6 Å². The van der Waals surface area contributed by atoms with Crippen LogP contribution in [0.25, 0.3) is 0 Å². The van der Waals surface area contributed by atoms with Crippen molar-refractivity contribution in [3.8, 4) is 0 Å². The highest BCUT2D eigenvalue weighted by atomic mass is 19.4. The largest absolute Gasteiger partial charge is 0.457 e. The van der Waals surface area contributed by atoms with Crippen molar-refractivity contribution in [2.24, 2.45) is 0 Å². The van der Waals surface area contributed by atoms with Gasteiger partial charge in [-0.2, -0.15) is 13.2 Å². The van der Waals surface area contributed by atoms with Gasteiger partial charge in [0.2, 0.25) is 0 Å². The third kappa shape index (κ3) is 3.65. The van der Waals surface area contributed by atoms with Crippen LogP contribution in [0.4, 0.5) is 13.2 Å². The van der Waals surface area contributed by atoms with E-state index in [1.807, 2.05) is 0 Å². The number of ketones is 1. The van der Waals surface area contributed by atoms with Gasteiger partial charge in [0, 0.05) is 0 Å². The third-order valence-corrected chi connectivity index (χ3v) is 0.386. The first-order valence-electron chi connectivity index (χ1n) is 1.55. The molecule has 0 heterocycles. The Labute approximate surface area is 47.8 Å². The van der Waals surface area contributed by atoms with Crippen LogP contribution in [0.5, 0.6) is 0 Å². The molecule has 54 valence electrons. The Hall–Kier alpha value is -0.910. The Balaban J connectivity index is 0. The molecule has 6 heteroatoms. The maximum absolute atomic E-state index is 10.9. The first-order valence-corrected chi connectivity index (χ1v) is 1.55. The normalized spacial score (nSPS) is 9.67. The molecule has 2 N–H and O–H groups in total. The van der Waals surface area contributed by atoms with Gasteiger partial charge in [-0.25, -0.2) is 0 Å². The molecule has 0 atom stereocenters. The number of carbonyl (C=O) groups excluding carboxylic acids is 2. The molecule has 0 aliphatic rings. The molecular weight excluding hydrogens is 141 g/mol. The summed E-state index contributed by atoms with van der Waals surface area (Å²) >= 11 is 0. The quantitative estimate of drug-likeness (QED) is 0.367. The van der Waals surface area contributed by atoms with Crippen LogP contribution < -0.4 is 0 Å². The van der Waals surface area contributed by atoms with E-state index in [2.05, 4.69) is 0 Å². The molecule has 0 radical (unpaired) electrons. The summed E-state index contributed by atoms with van der Waals surface area (Å²) in [6, 6.07) is 0. The predicted molar refractivity (Wildman–Crippen MR) is 20.7 cm³/mol. The molecule has 0 rings (SSSR count). The van der Waals surface area contributed by atoms with Gasteiger partial charge in [-0.15, -0.1) is 0 Å². The summed E-state index contributed by atoms with van der Waals surface area (Å²) in [5, 5.41) is 0. The molecule has 9 heavy (non-hydrogen) atoms. The molecule has 0 saturated carbocycles. The zero-order chi connectivity index (χ0) is 6.78. The number of hydrogen-bond donors (Lipinski definition) is 0. The molecule has 3 nitrogen and oxygen atoms in total. The zero-order valence-corrected chi connectivity index (χ0v) is 4.03. The van der Waals surface area contributed by atoms with E-state index in [0.29, 0.717) is 0 Å². The first-order chi connectivity index (χ1) is 3.48. The van der Waals surface area contributed by atoms with Crippen LogP contribution in [0, 0.1) is 0 Å². The molecular formula is C3H3F3O3. The first kappa shape index (κ1) is 11.0. The summed E-state index contributed by atoms with van der Waals surface area (Å²) in [7, 11) is 0. The number of rotatable bonds is 1. The van der Waals surface area contributed by atoms with Crippen LogP contribution in [0.1, 0.15) is 0 Å². The maximum Gasteiger partial charge on any atom is 0.457 e. The van der Waals surface area contributed by atoms with E-state index in [0.717, 1.165) is 0 Å². The average molecular weight is 144 g/mol. The smallest absolute Gasteiger partial charge is 0.412 e. The minimum atomic E-state index is -5.00. The highest BCUT2D eigenvalue weighted by Gasteiger charge is 2.37. The summed E-state index contributed by atoms with van der Waals surface area (Å²) in [5.41, 5.74) is 0. The second-order valence-corrected chi connectivity index (χ2v) is 0.980. The number of hydrogen-bond acceptors (Lipinski definition) is 2. The van der Waals surface area contributed by atoms with Crippen molar-refractivity contribution in [2.75, 3.05) is 0 Å². The van der Waals surface area contributed by atoms with E-state index in [-0.39, 0.29) is 5.48 Å². The van der Waals surface area contributed by atoms with Gasteiger partial charge in [0.05, 0.1) is 0 Å². The van der Waals surface area contributed by atoms with Crippen molar-refractivity contribution in [1.82, 2.24) is 0 Å². The molecule has 0 aromatic rings. The number of halogens is 3. The summed E-state index contributed by atoms with van der Waals surface area (Å²) in [6.07, 6.45) is -5.76. The van der Waals surface area contributed by atoms with Crippen LogP contribution in [-0.2, 0) is 9.59 Å².